The van der Waals surface area contributed by atoms with Crippen molar-refractivity contribution in [1.82, 2.24) is 5.32 Å². The Labute approximate surface area is 129 Å². The summed E-state index contributed by atoms with van der Waals surface area (Å²) in [7, 11) is 0. The second-order valence-corrected chi connectivity index (χ2v) is 6.78. The van der Waals surface area contributed by atoms with E-state index >= 15 is 0 Å². The average Bonchev–Trinajstić information content (AvgIpc) is 2.25. The van der Waals surface area contributed by atoms with E-state index < -0.39 is 0 Å². The van der Waals surface area contributed by atoms with Crippen LogP contribution in [0.4, 0.5) is 0 Å². The van der Waals surface area contributed by atoms with E-state index in [0.717, 1.165) is 0 Å². The Kier molecular flexibility index (Phi) is 5.97. The van der Waals surface area contributed by atoms with E-state index in [1.54, 1.807) is 18.2 Å². The van der Waals surface area contributed by atoms with Crippen LogP contribution in [0.2, 0.25) is 10.0 Å². The SMILES string of the molecule is CC(C)(C)C(CCCl)NC(=O)c1cc(Cl)cc(Cl)c1. The molecule has 0 radical (unpaired) electrons. The van der Waals surface area contributed by atoms with Crippen molar-refractivity contribution in [2.45, 2.75) is 33.2 Å². The minimum Gasteiger partial charge on any atom is -0.349 e. The highest BCUT2D eigenvalue weighted by Crippen LogP contribution is 2.24. The summed E-state index contributed by atoms with van der Waals surface area (Å²) >= 11 is 17.6. The molecule has 0 bridgehead atoms. The maximum atomic E-state index is 12.2. The Morgan fingerprint density at radius 1 is 1.21 bits per heavy atom. The van der Waals surface area contributed by atoms with E-state index in [1.165, 1.54) is 0 Å². The van der Waals surface area contributed by atoms with Gasteiger partial charge in [0.1, 0.15) is 0 Å². The first-order valence-electron chi connectivity index (χ1n) is 6.07. The van der Waals surface area contributed by atoms with Crippen LogP contribution in [0.1, 0.15) is 37.6 Å². The highest BCUT2D eigenvalue weighted by Gasteiger charge is 2.26. The van der Waals surface area contributed by atoms with Gasteiger partial charge >= 0.3 is 0 Å². The normalized spacial score (nSPS) is 13.2. The van der Waals surface area contributed by atoms with E-state index in [0.29, 0.717) is 27.9 Å². The molecule has 1 aromatic rings. The Morgan fingerprint density at radius 3 is 2.16 bits per heavy atom. The minimum atomic E-state index is -0.186. The molecule has 1 amide bonds. The van der Waals surface area contributed by atoms with E-state index in [-0.39, 0.29) is 17.4 Å². The topological polar surface area (TPSA) is 29.1 Å². The lowest BCUT2D eigenvalue weighted by molar-refractivity contribution is 0.0900. The van der Waals surface area contributed by atoms with Crippen molar-refractivity contribution in [2.75, 3.05) is 5.88 Å². The van der Waals surface area contributed by atoms with Crippen LogP contribution in [0.3, 0.4) is 0 Å². The van der Waals surface area contributed by atoms with Crippen LogP contribution in [0.15, 0.2) is 18.2 Å². The van der Waals surface area contributed by atoms with Gasteiger partial charge in [0.05, 0.1) is 0 Å². The zero-order chi connectivity index (χ0) is 14.6. The molecule has 0 spiro atoms. The average molecular weight is 323 g/mol. The molecule has 5 heteroatoms. The molecule has 0 aliphatic carbocycles. The standard InChI is InChI=1S/C14H18Cl3NO/c1-14(2,3)12(4-5-15)18-13(19)9-6-10(16)8-11(17)7-9/h6-8,12H,4-5H2,1-3H3,(H,18,19). The molecule has 0 saturated heterocycles. The molecular weight excluding hydrogens is 305 g/mol. The summed E-state index contributed by atoms with van der Waals surface area (Å²) in [5.41, 5.74) is 0.397. The summed E-state index contributed by atoms with van der Waals surface area (Å²) in [6.07, 6.45) is 0.713. The lowest BCUT2D eigenvalue weighted by Crippen LogP contribution is -2.44. The number of hydrogen-bond donors (Lipinski definition) is 1. The number of amides is 1. The van der Waals surface area contributed by atoms with E-state index in [2.05, 4.69) is 26.1 Å². The molecular formula is C14H18Cl3NO. The number of carbonyl (C=O) groups is 1. The number of hydrogen-bond acceptors (Lipinski definition) is 1. The van der Waals surface area contributed by atoms with Crippen molar-refractivity contribution in [2.24, 2.45) is 5.41 Å². The second kappa shape index (κ2) is 6.83. The number of nitrogens with one attached hydrogen (secondary N) is 1. The van der Waals surface area contributed by atoms with Crippen LogP contribution in [0.5, 0.6) is 0 Å². The first-order chi connectivity index (χ1) is 8.74. The Balaban J connectivity index is 2.87. The van der Waals surface area contributed by atoms with Crippen LogP contribution in [-0.2, 0) is 0 Å². The first kappa shape index (κ1) is 16.6. The molecule has 0 aliphatic rings. The monoisotopic (exact) mass is 321 g/mol. The molecule has 1 N–H and O–H groups in total. The number of carbonyl (C=O) groups excluding carboxylic acids is 1. The smallest absolute Gasteiger partial charge is 0.251 e. The molecule has 2 nitrogen and oxygen atoms in total. The number of benzene rings is 1. The first-order valence-corrected chi connectivity index (χ1v) is 7.36. The van der Waals surface area contributed by atoms with Gasteiger partial charge in [0.2, 0.25) is 0 Å². The van der Waals surface area contributed by atoms with Crippen molar-refractivity contribution < 1.29 is 4.79 Å². The predicted molar refractivity (Wildman–Crippen MR) is 82.5 cm³/mol. The Hall–Kier alpha value is -0.440. The van der Waals surface area contributed by atoms with E-state index in [1.807, 2.05) is 0 Å². The molecule has 0 aliphatic heterocycles. The van der Waals surface area contributed by atoms with E-state index in [4.69, 9.17) is 34.8 Å². The van der Waals surface area contributed by atoms with Crippen LogP contribution >= 0.6 is 34.8 Å². The van der Waals surface area contributed by atoms with Gasteiger partial charge in [0.25, 0.3) is 5.91 Å². The number of rotatable bonds is 4. The summed E-state index contributed by atoms with van der Waals surface area (Å²) in [5.74, 6) is 0.313. The number of alkyl halides is 1. The number of halogens is 3. The molecule has 0 fully saturated rings. The molecule has 106 valence electrons. The van der Waals surface area contributed by atoms with Crippen molar-refractivity contribution in [3.05, 3.63) is 33.8 Å². The second-order valence-electron chi connectivity index (χ2n) is 5.53. The molecule has 19 heavy (non-hydrogen) atoms. The van der Waals surface area contributed by atoms with Gasteiger partial charge in [-0.3, -0.25) is 4.79 Å². The zero-order valence-corrected chi connectivity index (χ0v) is 13.5. The van der Waals surface area contributed by atoms with E-state index in [9.17, 15) is 4.79 Å². The summed E-state index contributed by atoms with van der Waals surface area (Å²) < 4.78 is 0. The molecule has 0 heterocycles. The summed E-state index contributed by atoms with van der Waals surface area (Å²) in [4.78, 5) is 12.2. The van der Waals surface area contributed by atoms with Crippen molar-refractivity contribution in [3.8, 4) is 0 Å². The molecule has 1 rings (SSSR count). The van der Waals surface area contributed by atoms with Gasteiger partial charge in [-0.25, -0.2) is 0 Å². The molecule has 1 atom stereocenters. The summed E-state index contributed by atoms with van der Waals surface area (Å²) in [6.45, 7) is 6.19. The fourth-order valence-electron chi connectivity index (χ4n) is 1.76. The molecule has 1 unspecified atom stereocenters. The van der Waals surface area contributed by atoms with Crippen molar-refractivity contribution >= 4 is 40.7 Å². The largest absolute Gasteiger partial charge is 0.349 e. The third-order valence-corrected chi connectivity index (χ3v) is 3.53. The van der Waals surface area contributed by atoms with Crippen molar-refractivity contribution in [1.29, 1.82) is 0 Å². The van der Waals surface area contributed by atoms with Gasteiger partial charge in [-0.15, -0.1) is 11.6 Å². The van der Waals surface area contributed by atoms with Gasteiger partial charge in [-0.1, -0.05) is 44.0 Å². The van der Waals surface area contributed by atoms with Gasteiger partial charge in [0.15, 0.2) is 0 Å². The maximum absolute atomic E-state index is 12.2. The molecule has 0 aromatic heterocycles. The Bertz CT molecular complexity index is 434. The third-order valence-electron chi connectivity index (χ3n) is 2.87. The molecule has 1 aromatic carbocycles. The highest BCUT2D eigenvalue weighted by molar-refractivity contribution is 6.35. The minimum absolute atomic E-state index is 0.00439. The van der Waals surface area contributed by atoms with Gasteiger partial charge in [-0.2, -0.15) is 0 Å². The Morgan fingerprint density at radius 2 is 1.74 bits per heavy atom. The molecule has 0 saturated carbocycles. The lowest BCUT2D eigenvalue weighted by Gasteiger charge is -2.31. The quantitative estimate of drug-likeness (QED) is 0.795. The maximum Gasteiger partial charge on any atom is 0.251 e. The lowest BCUT2D eigenvalue weighted by atomic mass is 9.85. The van der Waals surface area contributed by atoms with Crippen molar-refractivity contribution in [3.63, 3.8) is 0 Å². The van der Waals surface area contributed by atoms with Crippen LogP contribution in [0.25, 0.3) is 0 Å². The van der Waals surface area contributed by atoms with Crippen LogP contribution in [-0.4, -0.2) is 17.8 Å². The predicted octanol–water partition coefficient (Wildman–Crippen LogP) is 4.77. The summed E-state index contributed by atoms with van der Waals surface area (Å²) in [5, 5.41) is 3.88. The fraction of sp³-hybridized carbons (Fsp3) is 0.500. The summed E-state index contributed by atoms with van der Waals surface area (Å²) in [6, 6.07) is 4.79. The van der Waals surface area contributed by atoms with Crippen LogP contribution in [0, 0.1) is 5.41 Å². The van der Waals surface area contributed by atoms with Crippen LogP contribution < -0.4 is 5.32 Å². The highest BCUT2D eigenvalue weighted by atomic mass is 35.5. The third kappa shape index (κ3) is 5.21. The zero-order valence-electron chi connectivity index (χ0n) is 11.3. The fourth-order valence-corrected chi connectivity index (χ4v) is 2.50. The van der Waals surface area contributed by atoms with Gasteiger partial charge in [0, 0.05) is 27.5 Å². The van der Waals surface area contributed by atoms with Gasteiger partial charge < -0.3 is 5.32 Å². The van der Waals surface area contributed by atoms with Gasteiger partial charge in [-0.05, 0) is 30.0 Å².